The molecule has 2 nitrogen and oxygen atoms in total. The van der Waals surface area contributed by atoms with Crippen LogP contribution >= 0.6 is 0 Å². The van der Waals surface area contributed by atoms with Gasteiger partial charge in [0, 0.05) is 6.04 Å². The Morgan fingerprint density at radius 3 is 2.91 bits per heavy atom. The van der Waals surface area contributed by atoms with E-state index in [2.05, 4.69) is 17.6 Å². The van der Waals surface area contributed by atoms with Crippen LogP contribution in [-0.4, -0.2) is 26.2 Å². The number of hydrogen-bond donors (Lipinski definition) is 2. The lowest BCUT2D eigenvalue weighted by Crippen LogP contribution is -2.42. The maximum atomic E-state index is 3.56. The second-order valence-corrected chi connectivity index (χ2v) is 3.59. The Labute approximate surface area is 69.8 Å². The quantitative estimate of drug-likeness (QED) is 0.636. The molecule has 0 spiro atoms. The van der Waals surface area contributed by atoms with Crippen LogP contribution in [0.5, 0.6) is 0 Å². The Morgan fingerprint density at radius 2 is 2.36 bits per heavy atom. The van der Waals surface area contributed by atoms with Crippen LogP contribution in [0.3, 0.4) is 0 Å². The fourth-order valence-electron chi connectivity index (χ4n) is 1.83. The molecular weight excluding hydrogens is 136 g/mol. The largest absolute Gasteiger partial charge is 0.319 e. The molecule has 1 aliphatic rings. The van der Waals surface area contributed by atoms with Crippen molar-refractivity contribution in [3.63, 3.8) is 0 Å². The van der Waals surface area contributed by atoms with E-state index in [-0.39, 0.29) is 0 Å². The Hall–Kier alpha value is -0.0800. The highest BCUT2D eigenvalue weighted by Crippen LogP contribution is 2.13. The fourth-order valence-corrected chi connectivity index (χ4v) is 1.83. The molecule has 0 unspecified atom stereocenters. The molecule has 1 fully saturated rings. The molecule has 0 bridgehead atoms. The SMILES string of the molecule is CNC[C@@H](C)[C@H]1CCCCN1. The van der Waals surface area contributed by atoms with Crippen LogP contribution in [0.1, 0.15) is 26.2 Å². The molecule has 0 aliphatic carbocycles. The zero-order valence-electron chi connectivity index (χ0n) is 7.69. The van der Waals surface area contributed by atoms with E-state index >= 15 is 0 Å². The smallest absolute Gasteiger partial charge is 0.0105 e. The van der Waals surface area contributed by atoms with Crippen LogP contribution in [0.15, 0.2) is 0 Å². The van der Waals surface area contributed by atoms with E-state index in [1.54, 1.807) is 0 Å². The Balaban J connectivity index is 2.21. The first-order valence-corrected chi connectivity index (χ1v) is 4.72. The lowest BCUT2D eigenvalue weighted by Gasteiger charge is -2.28. The number of rotatable bonds is 3. The molecule has 11 heavy (non-hydrogen) atoms. The normalized spacial score (nSPS) is 28.4. The summed E-state index contributed by atoms with van der Waals surface area (Å²) in [7, 11) is 2.03. The van der Waals surface area contributed by atoms with E-state index in [1.165, 1.54) is 25.8 Å². The Bertz CT molecular complexity index is 97.7. The lowest BCUT2D eigenvalue weighted by atomic mass is 9.94. The highest BCUT2D eigenvalue weighted by Gasteiger charge is 2.17. The first-order chi connectivity index (χ1) is 5.34. The molecule has 0 amide bonds. The molecule has 0 aromatic heterocycles. The molecule has 0 aromatic rings. The summed E-state index contributed by atoms with van der Waals surface area (Å²) in [4.78, 5) is 0. The van der Waals surface area contributed by atoms with E-state index in [0.29, 0.717) is 0 Å². The van der Waals surface area contributed by atoms with E-state index in [9.17, 15) is 0 Å². The minimum Gasteiger partial charge on any atom is -0.319 e. The third-order valence-electron chi connectivity index (χ3n) is 2.56. The molecule has 2 N–H and O–H groups in total. The Kier molecular flexibility index (Phi) is 3.87. The topological polar surface area (TPSA) is 24.1 Å². The van der Waals surface area contributed by atoms with Crippen molar-refractivity contribution in [3.8, 4) is 0 Å². The average molecular weight is 156 g/mol. The molecule has 1 aliphatic heterocycles. The highest BCUT2D eigenvalue weighted by atomic mass is 14.9. The zero-order chi connectivity index (χ0) is 8.10. The van der Waals surface area contributed by atoms with Gasteiger partial charge in [0.15, 0.2) is 0 Å². The summed E-state index contributed by atoms with van der Waals surface area (Å²) in [6.07, 6.45) is 4.14. The van der Waals surface area contributed by atoms with Crippen LogP contribution in [0.25, 0.3) is 0 Å². The van der Waals surface area contributed by atoms with Gasteiger partial charge < -0.3 is 10.6 Å². The second-order valence-electron chi connectivity index (χ2n) is 3.59. The molecular formula is C9H20N2. The molecule has 0 radical (unpaired) electrons. The van der Waals surface area contributed by atoms with Crippen molar-refractivity contribution in [2.45, 2.75) is 32.2 Å². The lowest BCUT2D eigenvalue weighted by molar-refractivity contribution is 0.306. The van der Waals surface area contributed by atoms with Gasteiger partial charge in [0.1, 0.15) is 0 Å². The van der Waals surface area contributed by atoms with Crippen molar-refractivity contribution in [3.05, 3.63) is 0 Å². The number of nitrogens with one attached hydrogen (secondary N) is 2. The summed E-state index contributed by atoms with van der Waals surface area (Å²) < 4.78 is 0. The third kappa shape index (κ3) is 2.80. The number of piperidine rings is 1. The molecule has 1 heterocycles. The first-order valence-electron chi connectivity index (χ1n) is 4.72. The van der Waals surface area contributed by atoms with E-state index < -0.39 is 0 Å². The average Bonchev–Trinajstić information content (AvgIpc) is 2.07. The molecule has 2 heteroatoms. The van der Waals surface area contributed by atoms with Gasteiger partial charge >= 0.3 is 0 Å². The van der Waals surface area contributed by atoms with Crippen LogP contribution in [0.4, 0.5) is 0 Å². The predicted molar refractivity (Wildman–Crippen MR) is 48.7 cm³/mol. The standard InChI is InChI=1S/C9H20N2/c1-8(7-10-2)9-5-3-4-6-11-9/h8-11H,3-7H2,1-2H3/t8-,9-/m1/s1. The van der Waals surface area contributed by atoms with Gasteiger partial charge in [0.2, 0.25) is 0 Å². The predicted octanol–water partition coefficient (Wildman–Crippen LogP) is 0.984. The van der Waals surface area contributed by atoms with E-state index in [0.717, 1.165) is 18.5 Å². The van der Waals surface area contributed by atoms with Crippen molar-refractivity contribution in [2.75, 3.05) is 20.1 Å². The van der Waals surface area contributed by atoms with Crippen LogP contribution in [-0.2, 0) is 0 Å². The third-order valence-corrected chi connectivity index (χ3v) is 2.56. The van der Waals surface area contributed by atoms with Crippen molar-refractivity contribution < 1.29 is 0 Å². The first kappa shape index (κ1) is 9.01. The molecule has 1 saturated heterocycles. The summed E-state index contributed by atoms with van der Waals surface area (Å²) in [6, 6.07) is 0.760. The van der Waals surface area contributed by atoms with Gasteiger partial charge in [-0.15, -0.1) is 0 Å². The van der Waals surface area contributed by atoms with Gasteiger partial charge in [0.25, 0.3) is 0 Å². The molecule has 0 aromatic carbocycles. The van der Waals surface area contributed by atoms with Gasteiger partial charge in [-0.2, -0.15) is 0 Å². The van der Waals surface area contributed by atoms with Crippen molar-refractivity contribution >= 4 is 0 Å². The Morgan fingerprint density at radius 1 is 1.55 bits per heavy atom. The van der Waals surface area contributed by atoms with Gasteiger partial charge in [0.05, 0.1) is 0 Å². The monoisotopic (exact) mass is 156 g/mol. The van der Waals surface area contributed by atoms with Gasteiger partial charge in [-0.1, -0.05) is 13.3 Å². The molecule has 0 saturated carbocycles. The summed E-state index contributed by atoms with van der Waals surface area (Å²) >= 11 is 0. The summed E-state index contributed by atoms with van der Waals surface area (Å²) in [5.41, 5.74) is 0. The van der Waals surface area contributed by atoms with Crippen molar-refractivity contribution in [1.29, 1.82) is 0 Å². The second kappa shape index (κ2) is 4.73. The zero-order valence-corrected chi connectivity index (χ0v) is 7.69. The highest BCUT2D eigenvalue weighted by molar-refractivity contribution is 4.77. The summed E-state index contributed by atoms with van der Waals surface area (Å²) in [6.45, 7) is 4.68. The minimum atomic E-state index is 0.760. The maximum Gasteiger partial charge on any atom is 0.0105 e. The number of hydrogen-bond acceptors (Lipinski definition) is 2. The summed E-state index contributed by atoms with van der Waals surface area (Å²) in [5.74, 6) is 0.778. The van der Waals surface area contributed by atoms with Crippen molar-refractivity contribution in [2.24, 2.45) is 5.92 Å². The van der Waals surface area contributed by atoms with E-state index in [4.69, 9.17) is 0 Å². The van der Waals surface area contributed by atoms with E-state index in [1.807, 2.05) is 7.05 Å². The minimum absolute atomic E-state index is 0.760. The molecule has 2 atom stereocenters. The van der Waals surface area contributed by atoms with Crippen molar-refractivity contribution in [1.82, 2.24) is 10.6 Å². The maximum absolute atomic E-state index is 3.56. The van der Waals surface area contributed by atoms with Crippen LogP contribution in [0.2, 0.25) is 0 Å². The fraction of sp³-hybridized carbons (Fsp3) is 1.00. The van der Waals surface area contributed by atoms with Crippen LogP contribution in [0, 0.1) is 5.92 Å². The molecule has 66 valence electrons. The molecule has 1 rings (SSSR count). The van der Waals surface area contributed by atoms with Gasteiger partial charge in [-0.25, -0.2) is 0 Å². The summed E-state index contributed by atoms with van der Waals surface area (Å²) in [5, 5.41) is 6.79. The van der Waals surface area contributed by atoms with Gasteiger partial charge in [-0.05, 0) is 38.9 Å². The van der Waals surface area contributed by atoms with Gasteiger partial charge in [-0.3, -0.25) is 0 Å². The van der Waals surface area contributed by atoms with Crippen LogP contribution < -0.4 is 10.6 Å².